The summed E-state index contributed by atoms with van der Waals surface area (Å²) in [4.78, 5) is 31.3. The van der Waals surface area contributed by atoms with Gasteiger partial charge in [0.15, 0.2) is 0 Å². The number of amides is 1. The lowest BCUT2D eigenvalue weighted by atomic mass is 10.0. The molecule has 0 saturated heterocycles. The Morgan fingerprint density at radius 1 is 1.42 bits per heavy atom. The number of rotatable bonds is 5. The number of nitrogens with zero attached hydrogens (tertiary/aromatic N) is 2. The molecule has 0 spiro atoms. The van der Waals surface area contributed by atoms with Crippen LogP contribution in [0.4, 0.5) is 4.39 Å². The highest BCUT2D eigenvalue weighted by Gasteiger charge is 2.21. The number of nitrogens with one attached hydrogen (secondary N) is 2. The second-order valence-corrected chi connectivity index (χ2v) is 6.16. The number of imidazole rings is 1. The summed E-state index contributed by atoms with van der Waals surface area (Å²) in [5, 5.41) is 12.1. The molecule has 3 aromatic rings. The first-order valence-corrected chi connectivity index (χ1v) is 8.23. The standard InChI is InChI=1S/C17H16ClFN4O3/c1-9-15(22-14-8-13(18)21-17(26)23(9)14)16(25)20-12(6-7-24)10-2-4-11(19)5-3-10/h2-5,8,12,24H,6-7H2,1H3,(H,20,25)(H,21,26). The highest BCUT2D eigenvalue weighted by Crippen LogP contribution is 2.19. The maximum Gasteiger partial charge on any atom is 0.332 e. The zero-order valence-corrected chi connectivity index (χ0v) is 14.5. The van der Waals surface area contributed by atoms with Gasteiger partial charge in [0.2, 0.25) is 0 Å². The summed E-state index contributed by atoms with van der Waals surface area (Å²) < 4.78 is 14.4. The average Bonchev–Trinajstić information content (AvgIpc) is 2.92. The molecule has 0 bridgehead atoms. The minimum absolute atomic E-state index is 0.0721. The van der Waals surface area contributed by atoms with Crippen LogP contribution >= 0.6 is 11.6 Å². The van der Waals surface area contributed by atoms with Crippen molar-refractivity contribution in [2.24, 2.45) is 0 Å². The molecule has 1 atom stereocenters. The Bertz CT molecular complexity index is 1010. The third-order valence-corrected chi connectivity index (χ3v) is 4.23. The lowest BCUT2D eigenvalue weighted by Crippen LogP contribution is -2.30. The summed E-state index contributed by atoms with van der Waals surface area (Å²) in [6, 6.07) is 6.55. The molecule has 0 aliphatic heterocycles. The molecule has 0 saturated carbocycles. The molecule has 9 heteroatoms. The van der Waals surface area contributed by atoms with E-state index in [-0.39, 0.29) is 29.5 Å². The predicted molar refractivity (Wildman–Crippen MR) is 93.9 cm³/mol. The molecule has 2 heterocycles. The van der Waals surface area contributed by atoms with Crippen molar-refractivity contribution in [3.05, 3.63) is 68.7 Å². The molecule has 0 fully saturated rings. The maximum absolute atomic E-state index is 13.1. The van der Waals surface area contributed by atoms with Gasteiger partial charge in [0.1, 0.15) is 22.3 Å². The van der Waals surface area contributed by atoms with Gasteiger partial charge in [-0.25, -0.2) is 18.6 Å². The maximum atomic E-state index is 13.1. The molecule has 0 radical (unpaired) electrons. The summed E-state index contributed by atoms with van der Waals surface area (Å²) in [6.07, 6.45) is 0.246. The Balaban J connectivity index is 1.94. The Morgan fingerprint density at radius 3 is 2.77 bits per heavy atom. The number of hydrogen-bond donors (Lipinski definition) is 3. The van der Waals surface area contributed by atoms with Crippen molar-refractivity contribution in [1.82, 2.24) is 19.7 Å². The first-order valence-electron chi connectivity index (χ1n) is 7.85. The van der Waals surface area contributed by atoms with E-state index in [1.54, 1.807) is 6.92 Å². The summed E-state index contributed by atoms with van der Waals surface area (Å²) >= 11 is 5.82. The van der Waals surface area contributed by atoms with Crippen molar-refractivity contribution in [3.8, 4) is 0 Å². The van der Waals surface area contributed by atoms with Crippen LogP contribution in [0.1, 0.15) is 34.2 Å². The van der Waals surface area contributed by atoms with Crippen molar-refractivity contribution in [2.75, 3.05) is 6.61 Å². The van der Waals surface area contributed by atoms with E-state index in [4.69, 9.17) is 11.6 Å². The van der Waals surface area contributed by atoms with Crippen molar-refractivity contribution in [3.63, 3.8) is 0 Å². The fourth-order valence-corrected chi connectivity index (χ4v) is 2.95. The zero-order chi connectivity index (χ0) is 18.8. The third-order valence-electron chi connectivity index (χ3n) is 4.03. The average molecular weight is 379 g/mol. The van der Waals surface area contributed by atoms with E-state index in [1.807, 2.05) is 0 Å². The van der Waals surface area contributed by atoms with Gasteiger partial charge in [-0.1, -0.05) is 23.7 Å². The van der Waals surface area contributed by atoms with Gasteiger partial charge >= 0.3 is 5.69 Å². The molecule has 1 amide bonds. The lowest BCUT2D eigenvalue weighted by molar-refractivity contribution is 0.0925. The number of aromatic nitrogens is 3. The molecular formula is C17H16ClFN4O3. The number of hydrogen-bond acceptors (Lipinski definition) is 4. The predicted octanol–water partition coefficient (Wildman–Crippen LogP) is 1.98. The van der Waals surface area contributed by atoms with Gasteiger partial charge in [-0.05, 0) is 31.0 Å². The SMILES string of the molecule is Cc1c(C(=O)NC(CCO)c2ccc(F)cc2)nc2cc(Cl)[nH]c(=O)n12. The molecule has 0 aliphatic carbocycles. The summed E-state index contributed by atoms with van der Waals surface area (Å²) in [7, 11) is 0. The molecule has 7 nitrogen and oxygen atoms in total. The van der Waals surface area contributed by atoms with Gasteiger partial charge in [0.05, 0.1) is 11.7 Å². The highest BCUT2D eigenvalue weighted by atomic mass is 35.5. The van der Waals surface area contributed by atoms with Crippen LogP contribution in [0.2, 0.25) is 5.15 Å². The number of carbonyl (C=O) groups excluding carboxylic acids is 1. The highest BCUT2D eigenvalue weighted by molar-refractivity contribution is 6.29. The van der Waals surface area contributed by atoms with Crippen LogP contribution in [0.5, 0.6) is 0 Å². The number of aliphatic hydroxyl groups is 1. The summed E-state index contributed by atoms with van der Waals surface area (Å²) in [5.41, 5.74) is 0.833. The molecule has 3 rings (SSSR count). The Kier molecular flexibility index (Phi) is 5.06. The molecule has 136 valence electrons. The quantitative estimate of drug-likeness (QED) is 0.591. The lowest BCUT2D eigenvalue weighted by Gasteiger charge is -2.18. The smallest absolute Gasteiger partial charge is 0.332 e. The van der Waals surface area contributed by atoms with Crippen molar-refractivity contribution < 1.29 is 14.3 Å². The van der Waals surface area contributed by atoms with E-state index in [9.17, 15) is 19.1 Å². The van der Waals surface area contributed by atoms with Crippen LogP contribution in [-0.2, 0) is 0 Å². The summed E-state index contributed by atoms with van der Waals surface area (Å²) in [6.45, 7) is 1.43. The van der Waals surface area contributed by atoms with E-state index in [2.05, 4.69) is 15.3 Å². The van der Waals surface area contributed by atoms with E-state index >= 15 is 0 Å². The normalized spacial score (nSPS) is 12.3. The first kappa shape index (κ1) is 18.1. The Hall–Kier alpha value is -2.71. The second kappa shape index (κ2) is 7.27. The Labute approximate surface area is 152 Å². The summed E-state index contributed by atoms with van der Waals surface area (Å²) in [5.74, 6) is -0.903. The Morgan fingerprint density at radius 2 is 2.12 bits per heavy atom. The zero-order valence-electron chi connectivity index (χ0n) is 13.8. The van der Waals surface area contributed by atoms with Crippen LogP contribution in [0, 0.1) is 12.7 Å². The molecule has 0 aliphatic rings. The fraction of sp³-hybridized carbons (Fsp3) is 0.235. The number of fused-ring (bicyclic) bond motifs is 1. The molecular weight excluding hydrogens is 363 g/mol. The molecule has 1 aromatic carbocycles. The van der Waals surface area contributed by atoms with Gasteiger partial charge in [0.25, 0.3) is 5.91 Å². The minimum atomic E-state index is -0.529. The number of benzene rings is 1. The molecule has 2 aromatic heterocycles. The van der Waals surface area contributed by atoms with Crippen molar-refractivity contribution in [1.29, 1.82) is 0 Å². The van der Waals surface area contributed by atoms with E-state index in [1.165, 1.54) is 34.7 Å². The van der Waals surface area contributed by atoms with Gasteiger partial charge < -0.3 is 10.4 Å². The van der Waals surface area contributed by atoms with E-state index < -0.39 is 23.5 Å². The fourth-order valence-electron chi connectivity index (χ4n) is 2.77. The van der Waals surface area contributed by atoms with Gasteiger partial charge in [-0.15, -0.1) is 0 Å². The van der Waals surface area contributed by atoms with Crippen LogP contribution in [0.3, 0.4) is 0 Å². The first-order chi connectivity index (χ1) is 12.4. The van der Waals surface area contributed by atoms with Crippen LogP contribution in [-0.4, -0.2) is 32.0 Å². The number of aromatic amines is 1. The monoisotopic (exact) mass is 378 g/mol. The van der Waals surface area contributed by atoms with Crippen LogP contribution in [0.25, 0.3) is 5.65 Å². The van der Waals surface area contributed by atoms with E-state index in [0.717, 1.165) is 0 Å². The van der Waals surface area contributed by atoms with Crippen molar-refractivity contribution in [2.45, 2.75) is 19.4 Å². The van der Waals surface area contributed by atoms with Gasteiger partial charge in [-0.3, -0.25) is 9.78 Å². The molecule has 1 unspecified atom stereocenters. The number of halogens is 2. The van der Waals surface area contributed by atoms with E-state index in [0.29, 0.717) is 11.3 Å². The van der Waals surface area contributed by atoms with Crippen LogP contribution in [0.15, 0.2) is 35.1 Å². The number of aryl methyl sites for hydroxylation is 1. The number of H-pyrrole nitrogens is 1. The number of carbonyl (C=O) groups is 1. The molecule has 3 N–H and O–H groups in total. The molecule has 26 heavy (non-hydrogen) atoms. The second-order valence-electron chi connectivity index (χ2n) is 5.75. The minimum Gasteiger partial charge on any atom is -0.396 e. The van der Waals surface area contributed by atoms with Crippen LogP contribution < -0.4 is 11.0 Å². The van der Waals surface area contributed by atoms with Crippen molar-refractivity contribution >= 4 is 23.2 Å². The number of aliphatic hydroxyl groups excluding tert-OH is 1. The topological polar surface area (TPSA) is 99.5 Å². The largest absolute Gasteiger partial charge is 0.396 e. The third kappa shape index (κ3) is 3.47. The van der Waals surface area contributed by atoms with Gasteiger partial charge in [-0.2, -0.15) is 0 Å². The van der Waals surface area contributed by atoms with Gasteiger partial charge in [0, 0.05) is 12.7 Å².